The average Bonchev–Trinajstić information content (AvgIpc) is 2.39. The van der Waals surface area contributed by atoms with Crippen LogP contribution >= 0.6 is 0 Å². The maximum Gasteiger partial charge on any atom is 0.0726 e. The van der Waals surface area contributed by atoms with E-state index in [4.69, 9.17) is 10.5 Å². The number of hydrogen-bond acceptors (Lipinski definition) is 3. The summed E-state index contributed by atoms with van der Waals surface area (Å²) >= 11 is 0. The normalized spacial score (nSPS) is 39.5. The summed E-state index contributed by atoms with van der Waals surface area (Å²) in [7, 11) is 4.16. The third-order valence-corrected chi connectivity index (χ3v) is 4.81. The molecule has 0 amide bonds. The molecule has 0 radical (unpaired) electrons. The van der Waals surface area contributed by atoms with Crippen molar-refractivity contribution in [3.8, 4) is 0 Å². The third kappa shape index (κ3) is 3.21. The van der Waals surface area contributed by atoms with Gasteiger partial charge in [-0.15, -0.1) is 0 Å². The predicted octanol–water partition coefficient (Wildman–Crippen LogP) is 2.15. The Hall–Kier alpha value is -0.120. The molecule has 0 saturated heterocycles. The van der Waals surface area contributed by atoms with Gasteiger partial charge in [-0.1, -0.05) is 12.8 Å². The number of ether oxygens (including phenoxy) is 1. The Morgan fingerprint density at radius 1 is 1.00 bits per heavy atom. The minimum absolute atomic E-state index is 0.448. The van der Waals surface area contributed by atoms with Crippen LogP contribution < -0.4 is 5.73 Å². The molecule has 0 aromatic carbocycles. The maximum atomic E-state index is 5.99. The molecule has 2 N–H and O–H groups in total. The van der Waals surface area contributed by atoms with E-state index in [1.807, 2.05) is 7.11 Å². The van der Waals surface area contributed by atoms with Gasteiger partial charge in [-0.3, -0.25) is 4.90 Å². The first-order chi connectivity index (χ1) is 8.22. The van der Waals surface area contributed by atoms with Crippen molar-refractivity contribution in [1.82, 2.24) is 4.90 Å². The largest absolute Gasteiger partial charge is 0.380 e. The fourth-order valence-electron chi connectivity index (χ4n) is 3.60. The van der Waals surface area contributed by atoms with Crippen molar-refractivity contribution in [2.24, 2.45) is 5.73 Å². The van der Waals surface area contributed by atoms with Crippen LogP contribution in [-0.4, -0.2) is 43.3 Å². The van der Waals surface area contributed by atoms with E-state index < -0.39 is 0 Å². The first kappa shape index (κ1) is 13.3. The van der Waals surface area contributed by atoms with Crippen LogP contribution in [0.3, 0.4) is 0 Å². The van der Waals surface area contributed by atoms with E-state index in [1.165, 1.54) is 51.4 Å². The molecule has 0 spiro atoms. The summed E-state index contributed by atoms with van der Waals surface area (Å²) in [5, 5.41) is 0. The molecule has 2 unspecified atom stereocenters. The van der Waals surface area contributed by atoms with Crippen LogP contribution in [-0.2, 0) is 4.74 Å². The van der Waals surface area contributed by atoms with Crippen molar-refractivity contribution in [2.45, 2.75) is 75.6 Å². The van der Waals surface area contributed by atoms with Gasteiger partial charge in [-0.05, 0) is 45.6 Å². The second kappa shape index (κ2) is 6.17. The van der Waals surface area contributed by atoms with Crippen LogP contribution in [0.4, 0.5) is 0 Å². The van der Waals surface area contributed by atoms with Gasteiger partial charge in [-0.25, -0.2) is 0 Å². The molecular weight excluding hydrogens is 212 g/mol. The topological polar surface area (TPSA) is 38.5 Å². The molecular formula is C14H28N2O. The fourth-order valence-corrected chi connectivity index (χ4v) is 3.60. The number of hydrogen-bond donors (Lipinski definition) is 1. The van der Waals surface area contributed by atoms with E-state index in [2.05, 4.69) is 11.9 Å². The SMILES string of the molecule is COC1CCCCC1N(C)C1CCC(N)CC1. The lowest BCUT2D eigenvalue weighted by atomic mass is 9.86. The number of rotatable bonds is 3. The van der Waals surface area contributed by atoms with Gasteiger partial charge >= 0.3 is 0 Å². The molecule has 3 heteroatoms. The van der Waals surface area contributed by atoms with Gasteiger partial charge in [0.1, 0.15) is 0 Å². The average molecular weight is 240 g/mol. The molecule has 0 aromatic rings. The lowest BCUT2D eigenvalue weighted by Gasteiger charge is -2.43. The van der Waals surface area contributed by atoms with Crippen LogP contribution in [0, 0.1) is 0 Å². The zero-order valence-electron chi connectivity index (χ0n) is 11.4. The molecule has 0 heterocycles. The Morgan fingerprint density at radius 2 is 1.65 bits per heavy atom. The summed E-state index contributed by atoms with van der Waals surface area (Å²) in [5.41, 5.74) is 5.99. The lowest BCUT2D eigenvalue weighted by Crippen LogP contribution is -2.50. The second-order valence-electron chi connectivity index (χ2n) is 5.86. The lowest BCUT2D eigenvalue weighted by molar-refractivity contribution is -0.0221. The van der Waals surface area contributed by atoms with Crippen LogP contribution in [0.2, 0.25) is 0 Å². The Morgan fingerprint density at radius 3 is 2.29 bits per heavy atom. The van der Waals surface area contributed by atoms with Crippen molar-refractivity contribution in [3.05, 3.63) is 0 Å². The Kier molecular flexibility index (Phi) is 4.83. The quantitative estimate of drug-likeness (QED) is 0.821. The van der Waals surface area contributed by atoms with E-state index in [1.54, 1.807) is 0 Å². The molecule has 3 nitrogen and oxygen atoms in total. The van der Waals surface area contributed by atoms with Crippen molar-refractivity contribution in [1.29, 1.82) is 0 Å². The number of methoxy groups -OCH3 is 1. The number of nitrogens with zero attached hydrogens (tertiary/aromatic N) is 1. The molecule has 17 heavy (non-hydrogen) atoms. The van der Waals surface area contributed by atoms with E-state index in [-0.39, 0.29) is 0 Å². The molecule has 2 aliphatic rings. The van der Waals surface area contributed by atoms with Crippen molar-refractivity contribution in [2.75, 3.05) is 14.2 Å². The van der Waals surface area contributed by atoms with Gasteiger partial charge in [-0.2, -0.15) is 0 Å². The summed E-state index contributed by atoms with van der Waals surface area (Å²) in [6, 6.07) is 1.81. The summed E-state index contributed by atoms with van der Waals surface area (Å²) in [6.07, 6.45) is 10.6. The molecule has 2 atom stereocenters. The first-order valence-electron chi connectivity index (χ1n) is 7.22. The van der Waals surface area contributed by atoms with Crippen molar-refractivity contribution < 1.29 is 4.74 Å². The summed E-state index contributed by atoms with van der Waals surface area (Å²) in [6.45, 7) is 0. The van der Waals surface area contributed by atoms with Gasteiger partial charge in [0.2, 0.25) is 0 Å². The highest BCUT2D eigenvalue weighted by Crippen LogP contribution is 2.29. The highest BCUT2D eigenvalue weighted by molar-refractivity contribution is 4.88. The van der Waals surface area contributed by atoms with Gasteiger partial charge in [0.25, 0.3) is 0 Å². The first-order valence-corrected chi connectivity index (χ1v) is 7.22. The van der Waals surface area contributed by atoms with Gasteiger partial charge in [0, 0.05) is 25.2 Å². The van der Waals surface area contributed by atoms with Gasteiger partial charge in [0.05, 0.1) is 6.10 Å². The van der Waals surface area contributed by atoms with Crippen molar-refractivity contribution in [3.63, 3.8) is 0 Å². The summed E-state index contributed by atoms with van der Waals surface area (Å²) in [5.74, 6) is 0. The minimum Gasteiger partial charge on any atom is -0.380 e. The zero-order chi connectivity index (χ0) is 12.3. The second-order valence-corrected chi connectivity index (χ2v) is 5.86. The molecule has 0 bridgehead atoms. The van der Waals surface area contributed by atoms with E-state index >= 15 is 0 Å². The van der Waals surface area contributed by atoms with E-state index in [0.29, 0.717) is 18.2 Å². The molecule has 0 aliphatic heterocycles. The van der Waals surface area contributed by atoms with Gasteiger partial charge in [0.15, 0.2) is 0 Å². The Balaban J connectivity index is 1.90. The number of likely N-dealkylation sites (N-methyl/N-ethyl adjacent to an activating group) is 1. The molecule has 2 rings (SSSR count). The van der Waals surface area contributed by atoms with Crippen LogP contribution in [0.5, 0.6) is 0 Å². The summed E-state index contributed by atoms with van der Waals surface area (Å²) < 4.78 is 5.67. The highest BCUT2D eigenvalue weighted by Gasteiger charge is 2.33. The predicted molar refractivity (Wildman–Crippen MR) is 71.0 cm³/mol. The minimum atomic E-state index is 0.448. The molecule has 2 aliphatic carbocycles. The van der Waals surface area contributed by atoms with E-state index in [0.717, 1.165) is 6.04 Å². The zero-order valence-corrected chi connectivity index (χ0v) is 11.4. The van der Waals surface area contributed by atoms with E-state index in [9.17, 15) is 0 Å². The Labute approximate surface area is 106 Å². The van der Waals surface area contributed by atoms with Crippen LogP contribution in [0.1, 0.15) is 51.4 Å². The van der Waals surface area contributed by atoms with Gasteiger partial charge < -0.3 is 10.5 Å². The molecule has 2 saturated carbocycles. The standard InChI is InChI=1S/C14H28N2O/c1-16(12-9-7-11(15)8-10-12)13-5-3-4-6-14(13)17-2/h11-14H,3-10,15H2,1-2H3. The third-order valence-electron chi connectivity index (χ3n) is 4.81. The monoisotopic (exact) mass is 240 g/mol. The smallest absolute Gasteiger partial charge is 0.0726 e. The maximum absolute atomic E-state index is 5.99. The summed E-state index contributed by atoms with van der Waals surface area (Å²) in [4.78, 5) is 2.60. The highest BCUT2D eigenvalue weighted by atomic mass is 16.5. The molecule has 2 fully saturated rings. The van der Waals surface area contributed by atoms with Crippen molar-refractivity contribution >= 4 is 0 Å². The number of nitrogens with two attached hydrogens (primary N) is 1. The molecule has 100 valence electrons. The van der Waals surface area contributed by atoms with Crippen LogP contribution in [0.15, 0.2) is 0 Å². The van der Waals surface area contributed by atoms with Crippen LogP contribution in [0.25, 0.3) is 0 Å². The Bertz CT molecular complexity index is 226. The fraction of sp³-hybridized carbons (Fsp3) is 1.00. The molecule has 0 aromatic heterocycles.